The summed E-state index contributed by atoms with van der Waals surface area (Å²) in [6, 6.07) is 6.43. The van der Waals surface area contributed by atoms with Crippen LogP contribution in [0, 0.1) is 6.92 Å². The first-order valence-electron chi connectivity index (χ1n) is 3.57. The van der Waals surface area contributed by atoms with Crippen molar-refractivity contribution in [2.45, 2.75) is 6.92 Å². The van der Waals surface area contributed by atoms with E-state index in [1.807, 2.05) is 11.3 Å². The zero-order chi connectivity index (χ0) is 8.55. The minimum absolute atomic E-state index is 1.20. The molecule has 62 valence electrons. The van der Waals surface area contributed by atoms with E-state index in [0.717, 1.165) is 0 Å². The van der Waals surface area contributed by atoms with Gasteiger partial charge in [0.25, 0.3) is 0 Å². The molecule has 0 radical (unpaired) electrons. The van der Waals surface area contributed by atoms with Crippen LogP contribution in [0.15, 0.2) is 28.1 Å². The van der Waals surface area contributed by atoms with E-state index in [1.165, 1.54) is 19.1 Å². The second kappa shape index (κ2) is 3.32. The highest BCUT2D eigenvalue weighted by molar-refractivity contribution is 9.10. The van der Waals surface area contributed by atoms with Gasteiger partial charge in [-0.25, -0.2) is 0 Å². The molecular formula is C9H7BrS2. The van der Waals surface area contributed by atoms with Crippen LogP contribution in [0.1, 0.15) is 4.88 Å². The Labute approximate surface area is 88.0 Å². The van der Waals surface area contributed by atoms with E-state index in [2.05, 4.69) is 46.4 Å². The van der Waals surface area contributed by atoms with Gasteiger partial charge in [-0.1, -0.05) is 0 Å². The molecule has 0 aromatic carbocycles. The summed E-state index contributed by atoms with van der Waals surface area (Å²) in [4.78, 5) is 4.06. The molecule has 0 unspecified atom stereocenters. The normalized spacial score (nSPS) is 10.5. The fourth-order valence-corrected chi connectivity index (χ4v) is 3.75. The Bertz CT molecular complexity index is 387. The van der Waals surface area contributed by atoms with Crippen molar-refractivity contribution in [2.75, 3.05) is 0 Å². The summed E-state index contributed by atoms with van der Waals surface area (Å²) in [6.07, 6.45) is 0. The Morgan fingerprint density at radius 2 is 2.08 bits per heavy atom. The van der Waals surface area contributed by atoms with Gasteiger partial charge in [0.05, 0.1) is 4.88 Å². The summed E-state index contributed by atoms with van der Waals surface area (Å²) in [6.45, 7) is 2.13. The van der Waals surface area contributed by atoms with Gasteiger partial charge in [-0.05, 0) is 46.4 Å². The lowest BCUT2D eigenvalue weighted by Gasteiger charge is -1.90. The molecule has 3 heteroatoms. The third-order valence-electron chi connectivity index (χ3n) is 1.58. The average molecular weight is 259 g/mol. The largest absolute Gasteiger partial charge is 0.142 e. The van der Waals surface area contributed by atoms with Crippen molar-refractivity contribution in [2.24, 2.45) is 0 Å². The Morgan fingerprint density at radius 3 is 2.58 bits per heavy atom. The molecule has 2 rings (SSSR count). The van der Waals surface area contributed by atoms with Crippen molar-refractivity contribution >= 4 is 38.6 Å². The van der Waals surface area contributed by atoms with Gasteiger partial charge in [-0.15, -0.1) is 22.7 Å². The molecular weight excluding hydrogens is 252 g/mol. The van der Waals surface area contributed by atoms with Gasteiger partial charge in [-0.2, -0.15) is 0 Å². The molecule has 0 aliphatic carbocycles. The topological polar surface area (TPSA) is 0 Å². The van der Waals surface area contributed by atoms with E-state index >= 15 is 0 Å². The van der Waals surface area contributed by atoms with Gasteiger partial charge in [0.1, 0.15) is 0 Å². The standard InChI is InChI=1S/C9H7BrS2/c1-6-2-3-8(12-6)9-7(10)4-5-11-9/h2-5H,1H3. The summed E-state index contributed by atoms with van der Waals surface area (Å²) < 4.78 is 1.20. The molecule has 0 amide bonds. The van der Waals surface area contributed by atoms with E-state index in [-0.39, 0.29) is 0 Å². The molecule has 0 aliphatic heterocycles. The van der Waals surface area contributed by atoms with E-state index in [4.69, 9.17) is 0 Å². The Morgan fingerprint density at radius 1 is 1.25 bits per heavy atom. The number of hydrogen-bond acceptors (Lipinski definition) is 2. The van der Waals surface area contributed by atoms with Crippen LogP contribution in [0.5, 0.6) is 0 Å². The summed E-state index contributed by atoms with van der Waals surface area (Å²) in [7, 11) is 0. The van der Waals surface area contributed by atoms with Gasteiger partial charge in [0, 0.05) is 14.2 Å². The predicted octanol–water partition coefficient (Wildman–Crippen LogP) is 4.55. The third-order valence-corrected chi connectivity index (χ3v) is 4.60. The fourth-order valence-electron chi connectivity index (χ4n) is 1.03. The van der Waals surface area contributed by atoms with Crippen LogP contribution in [0.3, 0.4) is 0 Å². The van der Waals surface area contributed by atoms with Gasteiger partial charge in [0.15, 0.2) is 0 Å². The second-order valence-electron chi connectivity index (χ2n) is 2.51. The molecule has 0 N–H and O–H groups in total. The maximum atomic E-state index is 3.53. The molecule has 2 aromatic heterocycles. The minimum atomic E-state index is 1.20. The van der Waals surface area contributed by atoms with Gasteiger partial charge < -0.3 is 0 Å². The van der Waals surface area contributed by atoms with E-state index in [9.17, 15) is 0 Å². The number of rotatable bonds is 1. The van der Waals surface area contributed by atoms with Gasteiger partial charge in [-0.3, -0.25) is 0 Å². The van der Waals surface area contributed by atoms with E-state index < -0.39 is 0 Å². The van der Waals surface area contributed by atoms with Crippen molar-refractivity contribution in [1.82, 2.24) is 0 Å². The lowest BCUT2D eigenvalue weighted by molar-refractivity contribution is 1.64. The first kappa shape index (κ1) is 8.48. The third kappa shape index (κ3) is 1.49. The van der Waals surface area contributed by atoms with Crippen LogP contribution in [0.25, 0.3) is 9.75 Å². The summed E-state index contributed by atoms with van der Waals surface area (Å²) in [5.74, 6) is 0. The summed E-state index contributed by atoms with van der Waals surface area (Å²) in [5.41, 5.74) is 0. The number of halogens is 1. The van der Waals surface area contributed by atoms with Gasteiger partial charge >= 0.3 is 0 Å². The Hall–Kier alpha value is -0.120. The molecule has 2 heterocycles. The summed E-state index contributed by atoms with van der Waals surface area (Å²) in [5, 5.41) is 2.11. The maximum absolute atomic E-state index is 3.53. The molecule has 0 nitrogen and oxygen atoms in total. The van der Waals surface area contributed by atoms with Crippen molar-refractivity contribution in [1.29, 1.82) is 0 Å². The molecule has 0 spiro atoms. The second-order valence-corrected chi connectivity index (χ2v) is 5.57. The smallest absolute Gasteiger partial charge is 0.0584 e. The van der Waals surface area contributed by atoms with Crippen LogP contribution in [-0.4, -0.2) is 0 Å². The van der Waals surface area contributed by atoms with Crippen LogP contribution in [0.2, 0.25) is 0 Å². The van der Waals surface area contributed by atoms with Crippen LogP contribution in [-0.2, 0) is 0 Å². The van der Waals surface area contributed by atoms with Crippen molar-refractivity contribution in [3.05, 3.63) is 32.9 Å². The predicted molar refractivity (Wildman–Crippen MR) is 60.1 cm³/mol. The number of hydrogen-bond donors (Lipinski definition) is 0. The molecule has 0 fully saturated rings. The highest BCUT2D eigenvalue weighted by Crippen LogP contribution is 2.37. The quantitative estimate of drug-likeness (QED) is 0.704. The summed E-state index contributed by atoms with van der Waals surface area (Å²) >= 11 is 7.15. The highest BCUT2D eigenvalue weighted by Gasteiger charge is 2.05. The number of aryl methyl sites for hydroxylation is 1. The van der Waals surface area contributed by atoms with Crippen LogP contribution >= 0.6 is 38.6 Å². The molecule has 0 atom stereocenters. The van der Waals surface area contributed by atoms with E-state index in [1.54, 1.807) is 11.3 Å². The van der Waals surface area contributed by atoms with Crippen LogP contribution in [0.4, 0.5) is 0 Å². The number of thiophene rings is 2. The van der Waals surface area contributed by atoms with Crippen molar-refractivity contribution in [3.63, 3.8) is 0 Å². The van der Waals surface area contributed by atoms with E-state index in [0.29, 0.717) is 0 Å². The first-order chi connectivity index (χ1) is 5.77. The van der Waals surface area contributed by atoms with Gasteiger partial charge in [0.2, 0.25) is 0 Å². The monoisotopic (exact) mass is 258 g/mol. The molecule has 0 bridgehead atoms. The Balaban J connectivity index is 2.50. The minimum Gasteiger partial charge on any atom is -0.142 e. The van der Waals surface area contributed by atoms with Crippen LogP contribution < -0.4 is 0 Å². The zero-order valence-corrected chi connectivity index (χ0v) is 9.72. The molecule has 12 heavy (non-hydrogen) atoms. The van der Waals surface area contributed by atoms with Crippen molar-refractivity contribution in [3.8, 4) is 9.75 Å². The lowest BCUT2D eigenvalue weighted by atomic mass is 10.4. The molecule has 0 saturated heterocycles. The lowest BCUT2D eigenvalue weighted by Crippen LogP contribution is -1.61. The molecule has 2 aromatic rings. The first-order valence-corrected chi connectivity index (χ1v) is 6.06. The SMILES string of the molecule is Cc1ccc(-c2sccc2Br)s1. The highest BCUT2D eigenvalue weighted by atomic mass is 79.9. The maximum Gasteiger partial charge on any atom is 0.0584 e. The molecule has 0 saturated carbocycles. The Kier molecular flexibility index (Phi) is 2.35. The zero-order valence-electron chi connectivity index (χ0n) is 6.50. The van der Waals surface area contributed by atoms with Crippen molar-refractivity contribution < 1.29 is 0 Å². The average Bonchev–Trinajstić information content (AvgIpc) is 2.58. The fraction of sp³-hybridized carbons (Fsp3) is 0.111. The molecule has 0 aliphatic rings.